The van der Waals surface area contributed by atoms with Gasteiger partial charge in [-0.1, -0.05) is 40.5 Å². The summed E-state index contributed by atoms with van der Waals surface area (Å²) in [6, 6.07) is 0. The van der Waals surface area contributed by atoms with Gasteiger partial charge in [-0.25, -0.2) is 0 Å². The SMILES string of the molecule is CC1CCCCC1OCC(CS)C(C)(C)C. The first-order valence-corrected chi connectivity index (χ1v) is 7.31. The number of hydrogen-bond acceptors (Lipinski definition) is 2. The van der Waals surface area contributed by atoms with Gasteiger partial charge in [-0.15, -0.1) is 0 Å². The monoisotopic (exact) mass is 244 g/mol. The smallest absolute Gasteiger partial charge is 0.0600 e. The van der Waals surface area contributed by atoms with Gasteiger partial charge >= 0.3 is 0 Å². The van der Waals surface area contributed by atoms with Crippen molar-refractivity contribution in [3.63, 3.8) is 0 Å². The summed E-state index contributed by atoms with van der Waals surface area (Å²) >= 11 is 4.45. The van der Waals surface area contributed by atoms with Crippen LogP contribution < -0.4 is 0 Å². The minimum absolute atomic E-state index is 0.305. The summed E-state index contributed by atoms with van der Waals surface area (Å²) in [7, 11) is 0. The average Bonchev–Trinajstić information content (AvgIpc) is 2.19. The molecule has 0 bridgehead atoms. The molecule has 1 nitrogen and oxygen atoms in total. The van der Waals surface area contributed by atoms with Crippen molar-refractivity contribution in [3.8, 4) is 0 Å². The van der Waals surface area contributed by atoms with Crippen molar-refractivity contribution in [2.75, 3.05) is 12.4 Å². The Bertz CT molecular complexity index is 197. The molecule has 96 valence electrons. The molecule has 0 amide bonds. The molecule has 1 aliphatic rings. The van der Waals surface area contributed by atoms with E-state index >= 15 is 0 Å². The molecule has 16 heavy (non-hydrogen) atoms. The molecule has 3 atom stereocenters. The Morgan fingerprint density at radius 3 is 2.38 bits per heavy atom. The lowest BCUT2D eigenvalue weighted by Gasteiger charge is -2.34. The minimum atomic E-state index is 0.305. The predicted octanol–water partition coefficient (Wildman–Crippen LogP) is 4.17. The molecule has 0 aliphatic heterocycles. The van der Waals surface area contributed by atoms with E-state index in [9.17, 15) is 0 Å². The van der Waals surface area contributed by atoms with Crippen LogP contribution in [0.25, 0.3) is 0 Å². The van der Waals surface area contributed by atoms with Gasteiger partial charge in [0.2, 0.25) is 0 Å². The van der Waals surface area contributed by atoms with Crippen molar-refractivity contribution in [2.24, 2.45) is 17.3 Å². The summed E-state index contributed by atoms with van der Waals surface area (Å²) in [6.45, 7) is 10.0. The van der Waals surface area contributed by atoms with E-state index in [0.717, 1.165) is 18.3 Å². The molecule has 0 N–H and O–H groups in total. The van der Waals surface area contributed by atoms with Crippen LogP contribution >= 0.6 is 12.6 Å². The van der Waals surface area contributed by atoms with E-state index in [-0.39, 0.29) is 0 Å². The maximum atomic E-state index is 6.13. The highest BCUT2D eigenvalue weighted by Crippen LogP contribution is 2.30. The molecule has 1 aliphatic carbocycles. The van der Waals surface area contributed by atoms with Gasteiger partial charge in [0, 0.05) is 0 Å². The summed E-state index contributed by atoms with van der Waals surface area (Å²) in [4.78, 5) is 0. The first kappa shape index (κ1) is 14.4. The predicted molar refractivity (Wildman–Crippen MR) is 74.2 cm³/mol. The van der Waals surface area contributed by atoms with Crippen LogP contribution in [0.4, 0.5) is 0 Å². The van der Waals surface area contributed by atoms with E-state index in [1.54, 1.807) is 0 Å². The molecule has 1 fully saturated rings. The lowest BCUT2D eigenvalue weighted by molar-refractivity contribution is -0.0342. The Balaban J connectivity index is 2.37. The van der Waals surface area contributed by atoms with Crippen LogP contribution in [0.2, 0.25) is 0 Å². The number of ether oxygens (including phenoxy) is 1. The Labute approximate surface area is 107 Å². The van der Waals surface area contributed by atoms with Gasteiger partial charge in [-0.3, -0.25) is 0 Å². The Morgan fingerprint density at radius 1 is 1.25 bits per heavy atom. The van der Waals surface area contributed by atoms with Crippen LogP contribution in [0.1, 0.15) is 53.4 Å². The zero-order valence-corrected chi connectivity index (χ0v) is 12.2. The van der Waals surface area contributed by atoms with Gasteiger partial charge in [0.25, 0.3) is 0 Å². The molecule has 0 aromatic carbocycles. The minimum Gasteiger partial charge on any atom is -0.378 e. The second-order valence-electron chi connectivity index (χ2n) is 6.38. The zero-order chi connectivity index (χ0) is 12.2. The van der Waals surface area contributed by atoms with Crippen molar-refractivity contribution in [2.45, 2.75) is 59.5 Å². The maximum Gasteiger partial charge on any atom is 0.0600 e. The van der Waals surface area contributed by atoms with Gasteiger partial charge in [0.15, 0.2) is 0 Å². The Kier molecular flexibility index (Phi) is 5.66. The molecule has 0 aromatic heterocycles. The van der Waals surface area contributed by atoms with Crippen molar-refractivity contribution in [1.29, 1.82) is 0 Å². The van der Waals surface area contributed by atoms with Crippen LogP contribution in [-0.4, -0.2) is 18.5 Å². The Morgan fingerprint density at radius 2 is 1.88 bits per heavy atom. The van der Waals surface area contributed by atoms with Gasteiger partial charge in [0.05, 0.1) is 12.7 Å². The third-order valence-electron chi connectivity index (χ3n) is 3.99. The molecule has 0 radical (unpaired) electrons. The maximum absolute atomic E-state index is 6.13. The van der Waals surface area contributed by atoms with E-state index in [1.165, 1.54) is 25.7 Å². The normalized spacial score (nSPS) is 29.1. The largest absolute Gasteiger partial charge is 0.378 e. The lowest BCUT2D eigenvalue weighted by atomic mass is 9.82. The topological polar surface area (TPSA) is 9.23 Å². The highest BCUT2D eigenvalue weighted by molar-refractivity contribution is 7.80. The average molecular weight is 244 g/mol. The van der Waals surface area contributed by atoms with E-state index in [2.05, 4.69) is 40.3 Å². The van der Waals surface area contributed by atoms with Crippen molar-refractivity contribution in [3.05, 3.63) is 0 Å². The molecule has 3 unspecified atom stereocenters. The van der Waals surface area contributed by atoms with Crippen molar-refractivity contribution in [1.82, 2.24) is 0 Å². The van der Waals surface area contributed by atoms with Gasteiger partial charge < -0.3 is 4.74 Å². The molecule has 0 saturated heterocycles. The molecular formula is C14H28OS. The highest BCUT2D eigenvalue weighted by Gasteiger charge is 2.27. The van der Waals surface area contributed by atoms with E-state index < -0.39 is 0 Å². The fraction of sp³-hybridized carbons (Fsp3) is 1.00. The van der Waals surface area contributed by atoms with Gasteiger partial charge in [-0.2, -0.15) is 12.6 Å². The summed E-state index contributed by atoms with van der Waals surface area (Å²) in [5, 5.41) is 0. The summed E-state index contributed by atoms with van der Waals surface area (Å²) in [5.74, 6) is 2.23. The zero-order valence-electron chi connectivity index (χ0n) is 11.3. The van der Waals surface area contributed by atoms with Crippen molar-refractivity contribution >= 4 is 12.6 Å². The van der Waals surface area contributed by atoms with E-state index in [0.29, 0.717) is 17.4 Å². The van der Waals surface area contributed by atoms with Gasteiger partial charge in [-0.05, 0) is 35.8 Å². The molecular weight excluding hydrogens is 216 g/mol. The quantitative estimate of drug-likeness (QED) is 0.730. The number of rotatable bonds is 4. The molecule has 0 spiro atoms. The molecule has 2 heteroatoms. The first-order chi connectivity index (χ1) is 7.45. The summed E-state index contributed by atoms with van der Waals surface area (Å²) < 4.78 is 6.13. The summed E-state index contributed by atoms with van der Waals surface area (Å²) in [5.41, 5.74) is 0.305. The van der Waals surface area contributed by atoms with E-state index in [4.69, 9.17) is 4.74 Å². The van der Waals surface area contributed by atoms with Crippen molar-refractivity contribution < 1.29 is 4.74 Å². The molecule has 1 saturated carbocycles. The standard InChI is InChI=1S/C14H28OS/c1-11-7-5-6-8-13(11)15-9-12(10-16)14(2,3)4/h11-13,16H,5-10H2,1-4H3. The van der Waals surface area contributed by atoms with Crippen LogP contribution in [0.15, 0.2) is 0 Å². The fourth-order valence-electron chi connectivity index (χ4n) is 2.35. The van der Waals surface area contributed by atoms with Gasteiger partial charge in [0.1, 0.15) is 0 Å². The van der Waals surface area contributed by atoms with E-state index in [1.807, 2.05) is 0 Å². The lowest BCUT2D eigenvalue weighted by Crippen LogP contribution is -2.32. The third kappa shape index (κ3) is 4.29. The highest BCUT2D eigenvalue weighted by atomic mass is 32.1. The molecule has 0 aromatic rings. The van der Waals surface area contributed by atoms with Crippen LogP contribution in [-0.2, 0) is 4.74 Å². The Hall–Kier alpha value is 0.310. The molecule has 0 heterocycles. The molecule has 1 rings (SSSR count). The summed E-state index contributed by atoms with van der Waals surface area (Å²) in [6.07, 6.45) is 5.82. The van der Waals surface area contributed by atoms with Crippen LogP contribution in [0.3, 0.4) is 0 Å². The fourth-order valence-corrected chi connectivity index (χ4v) is 3.00. The first-order valence-electron chi connectivity index (χ1n) is 6.67. The number of thiol groups is 1. The van der Waals surface area contributed by atoms with Crippen LogP contribution in [0, 0.1) is 17.3 Å². The third-order valence-corrected chi connectivity index (χ3v) is 4.43. The number of hydrogen-bond donors (Lipinski definition) is 1. The second-order valence-corrected chi connectivity index (χ2v) is 6.74. The second kappa shape index (κ2) is 6.30. The van der Waals surface area contributed by atoms with Crippen LogP contribution in [0.5, 0.6) is 0 Å².